The molecule has 7 heteroatoms. The van der Waals surface area contributed by atoms with Crippen molar-refractivity contribution in [2.75, 3.05) is 5.32 Å². The van der Waals surface area contributed by atoms with Gasteiger partial charge in [0.05, 0.1) is 6.54 Å². The summed E-state index contributed by atoms with van der Waals surface area (Å²) in [7, 11) is 0. The summed E-state index contributed by atoms with van der Waals surface area (Å²) in [6.45, 7) is 2.48. The lowest BCUT2D eigenvalue weighted by atomic mass is 10.2. The van der Waals surface area contributed by atoms with Crippen molar-refractivity contribution in [2.45, 2.75) is 13.5 Å². The quantitative estimate of drug-likeness (QED) is 0.600. The maximum absolute atomic E-state index is 12.3. The monoisotopic (exact) mass is 332 g/mol. The van der Waals surface area contributed by atoms with Crippen LogP contribution in [0.4, 0.5) is 11.5 Å². The molecule has 0 saturated carbocycles. The van der Waals surface area contributed by atoms with Crippen LogP contribution in [-0.4, -0.2) is 25.2 Å². The van der Waals surface area contributed by atoms with E-state index in [4.69, 9.17) is 0 Å². The summed E-state index contributed by atoms with van der Waals surface area (Å²) in [4.78, 5) is 12.3. The van der Waals surface area contributed by atoms with Gasteiger partial charge in [-0.1, -0.05) is 47.7 Å². The van der Waals surface area contributed by atoms with E-state index in [1.54, 1.807) is 4.68 Å². The zero-order valence-corrected chi connectivity index (χ0v) is 13.6. The van der Waals surface area contributed by atoms with Crippen molar-refractivity contribution in [3.63, 3.8) is 0 Å². The number of fused-ring (bicyclic) bond motifs is 1. The fraction of sp³-hybridized carbons (Fsp3) is 0.111. The van der Waals surface area contributed by atoms with Gasteiger partial charge in [-0.15, -0.1) is 5.10 Å². The highest BCUT2D eigenvalue weighted by molar-refractivity contribution is 5.86. The van der Waals surface area contributed by atoms with Crippen molar-refractivity contribution in [3.8, 4) is 0 Å². The van der Waals surface area contributed by atoms with Crippen molar-refractivity contribution in [1.82, 2.24) is 25.2 Å². The minimum atomic E-state index is -0.314. The summed E-state index contributed by atoms with van der Waals surface area (Å²) in [5, 5.41) is 18.1. The Morgan fingerprint density at radius 2 is 1.96 bits per heavy atom. The van der Waals surface area contributed by atoms with E-state index in [9.17, 15) is 4.79 Å². The first-order valence-electron chi connectivity index (χ1n) is 7.90. The van der Waals surface area contributed by atoms with E-state index in [-0.39, 0.29) is 5.56 Å². The molecule has 2 N–H and O–H groups in total. The van der Waals surface area contributed by atoms with Crippen molar-refractivity contribution >= 4 is 22.5 Å². The number of hydrogen-bond acceptors (Lipinski definition) is 5. The summed E-state index contributed by atoms with van der Waals surface area (Å²) in [6.07, 6.45) is 0. The van der Waals surface area contributed by atoms with Gasteiger partial charge in [0.1, 0.15) is 0 Å². The van der Waals surface area contributed by atoms with E-state index in [1.165, 1.54) is 0 Å². The van der Waals surface area contributed by atoms with E-state index < -0.39 is 0 Å². The zero-order valence-electron chi connectivity index (χ0n) is 13.6. The number of hydrogen-bond donors (Lipinski definition) is 2. The second kappa shape index (κ2) is 6.20. The largest absolute Gasteiger partial charge is 0.337 e. The second-order valence-electron chi connectivity index (χ2n) is 5.83. The second-order valence-corrected chi connectivity index (χ2v) is 5.83. The fourth-order valence-corrected chi connectivity index (χ4v) is 2.72. The molecule has 25 heavy (non-hydrogen) atoms. The first-order chi connectivity index (χ1) is 12.2. The van der Waals surface area contributed by atoms with E-state index in [1.807, 2.05) is 61.5 Å². The van der Waals surface area contributed by atoms with Crippen LogP contribution in [0.25, 0.3) is 11.0 Å². The number of aromatic nitrogens is 5. The Labute approximate surface area is 143 Å². The number of rotatable bonds is 4. The highest BCUT2D eigenvalue weighted by Crippen LogP contribution is 2.20. The molecule has 0 fully saturated rings. The topological polar surface area (TPSA) is 88.5 Å². The fourth-order valence-electron chi connectivity index (χ4n) is 2.72. The number of H-pyrrole nitrogens is 1. The maximum atomic E-state index is 12.3. The van der Waals surface area contributed by atoms with Gasteiger partial charge >= 0.3 is 0 Å². The van der Waals surface area contributed by atoms with Crippen LogP contribution in [0.5, 0.6) is 0 Å². The first-order valence-corrected chi connectivity index (χ1v) is 7.90. The van der Waals surface area contributed by atoms with Crippen LogP contribution in [0.3, 0.4) is 0 Å². The molecule has 0 atom stereocenters. The third-order valence-electron chi connectivity index (χ3n) is 3.90. The molecule has 0 saturated heterocycles. The molecule has 2 heterocycles. The van der Waals surface area contributed by atoms with Crippen LogP contribution in [0, 0.1) is 6.92 Å². The lowest BCUT2D eigenvalue weighted by Crippen LogP contribution is -2.15. The summed E-state index contributed by atoms with van der Waals surface area (Å²) in [6, 6.07) is 17.7. The molecule has 0 aliphatic heterocycles. The Kier molecular flexibility index (Phi) is 3.74. The average Bonchev–Trinajstić information content (AvgIpc) is 3.03. The smallest absolute Gasteiger partial charge is 0.292 e. The lowest BCUT2D eigenvalue weighted by Gasteiger charge is -2.06. The van der Waals surface area contributed by atoms with Gasteiger partial charge in [0.2, 0.25) is 0 Å². The molecule has 0 aliphatic rings. The molecule has 0 radical (unpaired) electrons. The highest BCUT2D eigenvalue weighted by atomic mass is 16.1. The summed E-state index contributed by atoms with van der Waals surface area (Å²) in [5.41, 5.74) is 3.57. The lowest BCUT2D eigenvalue weighted by molar-refractivity contribution is 0.667. The Bertz CT molecular complexity index is 1080. The van der Waals surface area contributed by atoms with Crippen molar-refractivity contribution in [3.05, 3.63) is 76.1 Å². The standard InChI is InChI=1S/C18H16N6O/c1-12-6-5-9-14(10-12)19-17-15-16(18(25)22-21-17)24(23-20-15)11-13-7-3-2-4-8-13/h2-10H,11H2,1H3,(H,19,21)(H,22,25). The molecule has 0 amide bonds. The number of aromatic amines is 1. The van der Waals surface area contributed by atoms with Gasteiger partial charge in [0.25, 0.3) is 5.56 Å². The first kappa shape index (κ1) is 15.1. The average molecular weight is 332 g/mol. The number of anilines is 2. The number of nitrogens with zero attached hydrogens (tertiary/aromatic N) is 4. The van der Waals surface area contributed by atoms with Crippen LogP contribution < -0.4 is 10.9 Å². The molecular formula is C18H16N6O. The Hall–Kier alpha value is -3.48. The SMILES string of the molecule is Cc1cccc(Nc2n[nH]c(=O)c3c2nnn3Cc2ccccc2)c1. The van der Waals surface area contributed by atoms with Gasteiger partial charge < -0.3 is 5.32 Å². The summed E-state index contributed by atoms with van der Waals surface area (Å²) >= 11 is 0. The predicted octanol–water partition coefficient (Wildman–Crippen LogP) is 2.61. The summed E-state index contributed by atoms with van der Waals surface area (Å²) in [5.74, 6) is 0.472. The van der Waals surface area contributed by atoms with Crippen molar-refractivity contribution in [2.24, 2.45) is 0 Å². The van der Waals surface area contributed by atoms with E-state index in [0.29, 0.717) is 23.4 Å². The van der Waals surface area contributed by atoms with Gasteiger partial charge in [-0.3, -0.25) is 4.79 Å². The molecule has 7 nitrogen and oxygen atoms in total. The number of aryl methyl sites for hydroxylation is 1. The Balaban J connectivity index is 1.75. The third kappa shape index (κ3) is 2.99. The van der Waals surface area contributed by atoms with Crippen LogP contribution in [0.1, 0.15) is 11.1 Å². The highest BCUT2D eigenvalue weighted by Gasteiger charge is 2.15. The van der Waals surface area contributed by atoms with Gasteiger partial charge in [0.15, 0.2) is 16.9 Å². The zero-order chi connectivity index (χ0) is 17.2. The van der Waals surface area contributed by atoms with E-state index >= 15 is 0 Å². The molecule has 124 valence electrons. The molecule has 0 aliphatic carbocycles. The molecular weight excluding hydrogens is 316 g/mol. The van der Waals surface area contributed by atoms with Crippen LogP contribution >= 0.6 is 0 Å². The van der Waals surface area contributed by atoms with E-state index in [2.05, 4.69) is 25.8 Å². The Morgan fingerprint density at radius 1 is 1.12 bits per heavy atom. The molecule has 2 aromatic carbocycles. The van der Waals surface area contributed by atoms with Gasteiger partial charge in [-0.25, -0.2) is 9.78 Å². The molecule has 0 spiro atoms. The predicted molar refractivity (Wildman–Crippen MR) is 95.9 cm³/mol. The van der Waals surface area contributed by atoms with Crippen molar-refractivity contribution in [1.29, 1.82) is 0 Å². The summed E-state index contributed by atoms with van der Waals surface area (Å²) < 4.78 is 1.59. The molecule has 0 unspecified atom stereocenters. The van der Waals surface area contributed by atoms with Gasteiger partial charge in [-0.2, -0.15) is 5.10 Å². The van der Waals surface area contributed by atoms with Gasteiger partial charge in [-0.05, 0) is 30.2 Å². The number of nitrogens with one attached hydrogen (secondary N) is 2. The molecule has 2 aromatic heterocycles. The molecule has 4 aromatic rings. The van der Waals surface area contributed by atoms with Gasteiger partial charge in [0, 0.05) is 5.69 Å². The Morgan fingerprint density at radius 3 is 2.76 bits per heavy atom. The van der Waals surface area contributed by atoms with Crippen molar-refractivity contribution < 1.29 is 0 Å². The van der Waals surface area contributed by atoms with Crippen LogP contribution in [0.2, 0.25) is 0 Å². The number of benzene rings is 2. The van der Waals surface area contributed by atoms with E-state index in [0.717, 1.165) is 16.8 Å². The minimum absolute atomic E-state index is 0.314. The molecule has 0 bridgehead atoms. The normalized spacial score (nSPS) is 10.9. The third-order valence-corrected chi connectivity index (χ3v) is 3.90. The minimum Gasteiger partial charge on any atom is -0.337 e. The van der Waals surface area contributed by atoms with Crippen LogP contribution in [-0.2, 0) is 6.54 Å². The maximum Gasteiger partial charge on any atom is 0.292 e. The molecule has 4 rings (SSSR count). The van der Waals surface area contributed by atoms with Crippen LogP contribution in [0.15, 0.2) is 59.4 Å².